The SMILES string of the molecule is COC(=O)[C@H]1CC[C@H](N(Cc2cccc(-c3nc4sc5c(c4c(=O)o3)CCCC5)c2)C(C)C)CC1. The zero-order valence-electron chi connectivity index (χ0n) is 20.8. The van der Waals surface area contributed by atoms with Gasteiger partial charge in [0, 0.05) is 29.1 Å². The van der Waals surface area contributed by atoms with Crippen molar-refractivity contribution in [2.24, 2.45) is 5.92 Å². The van der Waals surface area contributed by atoms with Crippen LogP contribution in [0.3, 0.4) is 0 Å². The van der Waals surface area contributed by atoms with E-state index >= 15 is 0 Å². The van der Waals surface area contributed by atoms with E-state index in [0.29, 0.717) is 23.4 Å². The normalized spacial score (nSPS) is 20.4. The second-order valence-electron chi connectivity index (χ2n) is 10.2. The molecule has 2 heterocycles. The molecule has 1 saturated carbocycles. The molecule has 0 N–H and O–H groups in total. The first-order chi connectivity index (χ1) is 16.9. The Bertz CT molecular complexity index is 1270. The van der Waals surface area contributed by atoms with Crippen molar-refractivity contribution in [3.05, 3.63) is 50.7 Å². The number of rotatable bonds is 6. The van der Waals surface area contributed by atoms with E-state index in [1.165, 1.54) is 24.0 Å². The lowest BCUT2D eigenvalue weighted by molar-refractivity contribution is -0.147. The van der Waals surface area contributed by atoms with Crippen LogP contribution < -0.4 is 5.63 Å². The van der Waals surface area contributed by atoms with E-state index in [1.54, 1.807) is 11.3 Å². The molecule has 0 atom stereocenters. The largest absolute Gasteiger partial charge is 0.469 e. The van der Waals surface area contributed by atoms with Crippen LogP contribution in [0.5, 0.6) is 0 Å². The zero-order valence-corrected chi connectivity index (χ0v) is 21.7. The molecule has 2 aliphatic carbocycles. The molecule has 2 aliphatic rings. The molecule has 186 valence electrons. The number of aromatic nitrogens is 1. The summed E-state index contributed by atoms with van der Waals surface area (Å²) in [4.78, 5) is 34.3. The highest BCUT2D eigenvalue weighted by Crippen LogP contribution is 2.35. The number of hydrogen-bond acceptors (Lipinski definition) is 7. The first kappa shape index (κ1) is 24.2. The summed E-state index contributed by atoms with van der Waals surface area (Å²) >= 11 is 1.65. The maximum atomic E-state index is 12.9. The van der Waals surface area contributed by atoms with Gasteiger partial charge in [0.2, 0.25) is 5.89 Å². The molecule has 0 radical (unpaired) electrons. The van der Waals surface area contributed by atoms with Crippen LogP contribution in [0.2, 0.25) is 0 Å². The fraction of sp³-hybridized carbons (Fsp3) is 0.536. The number of carbonyl (C=O) groups excluding carboxylic acids is 1. The summed E-state index contributed by atoms with van der Waals surface area (Å²) in [5, 5.41) is 0.693. The van der Waals surface area contributed by atoms with Crippen LogP contribution >= 0.6 is 11.3 Å². The third-order valence-corrected chi connectivity index (χ3v) is 8.84. The van der Waals surface area contributed by atoms with Gasteiger partial charge in [-0.15, -0.1) is 11.3 Å². The van der Waals surface area contributed by atoms with Gasteiger partial charge in [0.05, 0.1) is 13.0 Å². The summed E-state index contributed by atoms with van der Waals surface area (Å²) in [6, 6.07) is 9.02. The average molecular weight is 495 g/mol. The van der Waals surface area contributed by atoms with Gasteiger partial charge in [-0.3, -0.25) is 9.69 Å². The predicted octanol–water partition coefficient (Wildman–Crippen LogP) is 5.74. The lowest BCUT2D eigenvalue weighted by atomic mass is 9.84. The third-order valence-electron chi connectivity index (χ3n) is 7.65. The van der Waals surface area contributed by atoms with Crippen LogP contribution in [0.1, 0.15) is 68.4 Å². The van der Waals surface area contributed by atoms with Crippen LogP contribution in [0.15, 0.2) is 33.5 Å². The molecule has 2 aromatic heterocycles. The number of methoxy groups -OCH3 is 1. The number of benzene rings is 1. The Labute approximate surface area is 210 Å². The number of nitrogens with zero attached hydrogens (tertiary/aromatic N) is 2. The van der Waals surface area contributed by atoms with Crippen molar-refractivity contribution in [1.82, 2.24) is 9.88 Å². The molecule has 0 spiro atoms. The maximum Gasteiger partial charge on any atom is 0.348 e. The minimum atomic E-state index is -0.263. The average Bonchev–Trinajstić information content (AvgIpc) is 3.26. The van der Waals surface area contributed by atoms with E-state index in [0.717, 1.165) is 67.4 Å². The Morgan fingerprint density at radius 2 is 1.97 bits per heavy atom. The molecule has 0 bridgehead atoms. The summed E-state index contributed by atoms with van der Waals surface area (Å²) in [6.45, 7) is 5.26. The highest BCUT2D eigenvalue weighted by atomic mass is 32.1. The van der Waals surface area contributed by atoms with Gasteiger partial charge in [-0.05, 0) is 88.5 Å². The Hall–Kier alpha value is -2.51. The van der Waals surface area contributed by atoms with Crippen molar-refractivity contribution in [3.63, 3.8) is 0 Å². The van der Waals surface area contributed by atoms with Crippen LogP contribution in [0, 0.1) is 5.92 Å². The Balaban J connectivity index is 1.37. The van der Waals surface area contributed by atoms with Crippen molar-refractivity contribution in [1.29, 1.82) is 0 Å². The van der Waals surface area contributed by atoms with Gasteiger partial charge in [0.1, 0.15) is 10.2 Å². The molecule has 1 fully saturated rings. The highest BCUT2D eigenvalue weighted by molar-refractivity contribution is 7.18. The minimum absolute atomic E-state index is 0.0281. The summed E-state index contributed by atoms with van der Waals surface area (Å²) in [7, 11) is 1.48. The molecule has 0 aliphatic heterocycles. The third kappa shape index (κ3) is 4.94. The van der Waals surface area contributed by atoms with Crippen molar-refractivity contribution in [2.45, 2.75) is 83.8 Å². The zero-order chi connectivity index (χ0) is 24.5. The lowest BCUT2D eigenvalue weighted by Gasteiger charge is -2.39. The molecular formula is C28H34N2O4S. The fourth-order valence-corrected chi connectivity index (χ4v) is 7.02. The fourth-order valence-electron chi connectivity index (χ4n) is 5.77. The van der Waals surface area contributed by atoms with Crippen LogP contribution in [-0.4, -0.2) is 35.0 Å². The Kier molecular flexibility index (Phi) is 7.07. The molecule has 0 unspecified atom stereocenters. The van der Waals surface area contributed by atoms with Crippen molar-refractivity contribution >= 4 is 27.5 Å². The van der Waals surface area contributed by atoms with E-state index in [1.807, 2.05) is 12.1 Å². The van der Waals surface area contributed by atoms with Crippen molar-refractivity contribution in [3.8, 4) is 11.5 Å². The molecule has 3 aromatic rings. The van der Waals surface area contributed by atoms with Gasteiger partial charge in [-0.2, -0.15) is 0 Å². The smallest absolute Gasteiger partial charge is 0.348 e. The number of esters is 1. The van der Waals surface area contributed by atoms with Crippen molar-refractivity contribution < 1.29 is 13.9 Å². The number of aryl methyl sites for hydroxylation is 2. The van der Waals surface area contributed by atoms with E-state index in [9.17, 15) is 9.59 Å². The van der Waals surface area contributed by atoms with Crippen molar-refractivity contribution in [2.75, 3.05) is 7.11 Å². The second kappa shape index (κ2) is 10.2. The predicted molar refractivity (Wildman–Crippen MR) is 139 cm³/mol. The highest BCUT2D eigenvalue weighted by Gasteiger charge is 2.31. The molecule has 7 heteroatoms. The standard InChI is InChI=1S/C28H34N2O4S/c1-17(2)30(21-13-11-19(12-14-21)27(31)33-3)16-18-7-6-8-20(15-18)25-29-26-24(28(32)34-25)22-9-4-5-10-23(22)35-26/h6-8,15,17,19,21H,4-5,9-14,16H2,1-3H3/t19-,21-. The Morgan fingerprint density at radius 3 is 2.71 bits per heavy atom. The molecule has 0 amide bonds. The van der Waals surface area contributed by atoms with Crippen LogP contribution in [-0.2, 0) is 28.9 Å². The summed E-state index contributed by atoms with van der Waals surface area (Å²) in [5.74, 6) is 0.350. The van der Waals surface area contributed by atoms with Gasteiger partial charge in [-0.1, -0.05) is 12.1 Å². The molecule has 0 saturated heterocycles. The summed E-state index contributed by atoms with van der Waals surface area (Å²) < 4.78 is 10.7. The Morgan fingerprint density at radius 1 is 1.20 bits per heavy atom. The molecule has 35 heavy (non-hydrogen) atoms. The second-order valence-corrected chi connectivity index (χ2v) is 11.3. The summed E-state index contributed by atoms with van der Waals surface area (Å²) in [6.07, 6.45) is 8.02. The molecule has 1 aromatic carbocycles. The molecule has 6 nitrogen and oxygen atoms in total. The summed E-state index contributed by atoms with van der Waals surface area (Å²) in [5.41, 5.74) is 2.90. The van der Waals surface area contributed by atoms with Crippen LogP contribution in [0.4, 0.5) is 0 Å². The van der Waals surface area contributed by atoms with Gasteiger partial charge in [0.15, 0.2) is 0 Å². The number of hydrogen-bond donors (Lipinski definition) is 0. The minimum Gasteiger partial charge on any atom is -0.469 e. The number of thiophene rings is 1. The monoisotopic (exact) mass is 494 g/mol. The molecule has 5 rings (SSSR count). The molecular weight excluding hydrogens is 460 g/mol. The quantitative estimate of drug-likeness (QED) is 0.407. The number of ether oxygens (including phenoxy) is 1. The van der Waals surface area contributed by atoms with Gasteiger partial charge < -0.3 is 9.15 Å². The van der Waals surface area contributed by atoms with Gasteiger partial charge in [-0.25, -0.2) is 9.78 Å². The van der Waals surface area contributed by atoms with E-state index in [2.05, 4.69) is 30.9 Å². The van der Waals surface area contributed by atoms with Crippen LogP contribution in [0.25, 0.3) is 21.7 Å². The lowest BCUT2D eigenvalue weighted by Crippen LogP contribution is -2.42. The topological polar surface area (TPSA) is 72.6 Å². The van der Waals surface area contributed by atoms with Gasteiger partial charge >= 0.3 is 11.6 Å². The van der Waals surface area contributed by atoms with E-state index < -0.39 is 0 Å². The number of fused-ring (bicyclic) bond motifs is 3. The maximum absolute atomic E-state index is 12.9. The first-order valence-electron chi connectivity index (χ1n) is 12.8. The van der Waals surface area contributed by atoms with Gasteiger partial charge in [0.25, 0.3) is 0 Å². The van der Waals surface area contributed by atoms with E-state index in [-0.39, 0.29) is 17.5 Å². The number of carbonyl (C=O) groups is 1. The first-order valence-corrected chi connectivity index (χ1v) is 13.6. The van der Waals surface area contributed by atoms with E-state index in [4.69, 9.17) is 14.1 Å².